The summed E-state index contributed by atoms with van der Waals surface area (Å²) in [5, 5.41) is 0. The minimum atomic E-state index is 0.186. The van der Waals surface area contributed by atoms with Crippen molar-refractivity contribution in [1.82, 2.24) is 9.80 Å². The Labute approximate surface area is 139 Å². The van der Waals surface area contributed by atoms with Gasteiger partial charge in [0.15, 0.2) is 0 Å². The van der Waals surface area contributed by atoms with Crippen LogP contribution in [0.3, 0.4) is 0 Å². The van der Waals surface area contributed by atoms with Gasteiger partial charge in [-0.25, -0.2) is 0 Å². The number of carbonyl (C=O) groups excluding carboxylic acids is 1. The molecule has 2 aliphatic heterocycles. The number of morpholine rings is 1. The van der Waals surface area contributed by atoms with E-state index in [4.69, 9.17) is 4.74 Å². The Morgan fingerprint density at radius 1 is 1.26 bits per heavy atom. The second kappa shape index (κ2) is 7.02. The lowest BCUT2D eigenvalue weighted by Crippen LogP contribution is -2.50. The third-order valence-electron chi connectivity index (χ3n) is 4.87. The smallest absolute Gasteiger partial charge is 0.254 e. The molecule has 4 nitrogen and oxygen atoms in total. The maximum atomic E-state index is 12.9. The summed E-state index contributed by atoms with van der Waals surface area (Å²) in [7, 11) is 0. The van der Waals surface area contributed by atoms with E-state index in [-0.39, 0.29) is 18.1 Å². The van der Waals surface area contributed by atoms with Crippen LogP contribution in [-0.4, -0.2) is 60.1 Å². The van der Waals surface area contributed by atoms with Gasteiger partial charge in [-0.3, -0.25) is 9.69 Å². The lowest BCUT2D eigenvalue weighted by molar-refractivity contribution is -0.0715. The van der Waals surface area contributed by atoms with Gasteiger partial charge in [-0.05, 0) is 45.7 Å². The molecule has 0 spiro atoms. The van der Waals surface area contributed by atoms with E-state index in [1.165, 1.54) is 0 Å². The molecule has 0 radical (unpaired) electrons. The van der Waals surface area contributed by atoms with Crippen LogP contribution < -0.4 is 0 Å². The fraction of sp³-hybridized carbons (Fsp3) is 0.632. The minimum absolute atomic E-state index is 0.186. The van der Waals surface area contributed by atoms with Crippen molar-refractivity contribution < 1.29 is 9.53 Å². The van der Waals surface area contributed by atoms with E-state index in [0.29, 0.717) is 6.04 Å². The second-order valence-corrected chi connectivity index (χ2v) is 7.14. The number of ether oxygens (including phenoxy) is 1. The molecule has 2 aliphatic rings. The van der Waals surface area contributed by atoms with Crippen molar-refractivity contribution in [2.24, 2.45) is 0 Å². The van der Waals surface area contributed by atoms with Crippen LogP contribution in [0.4, 0.5) is 0 Å². The fourth-order valence-electron chi connectivity index (χ4n) is 3.97. The SMILES string of the molecule is Cc1cccc(C(=O)N2CCC[C@@H]2CN2C[C@@H](C)O[C@H](C)C2)c1. The molecule has 2 saturated heterocycles. The van der Waals surface area contributed by atoms with Crippen molar-refractivity contribution in [2.45, 2.75) is 51.9 Å². The Morgan fingerprint density at radius 2 is 2.00 bits per heavy atom. The van der Waals surface area contributed by atoms with Gasteiger partial charge in [0.1, 0.15) is 0 Å². The monoisotopic (exact) mass is 316 g/mol. The molecule has 0 bridgehead atoms. The molecule has 0 N–H and O–H groups in total. The van der Waals surface area contributed by atoms with Crippen LogP contribution in [0.2, 0.25) is 0 Å². The van der Waals surface area contributed by atoms with Gasteiger partial charge < -0.3 is 9.64 Å². The number of benzene rings is 1. The third kappa shape index (κ3) is 3.93. The first-order chi connectivity index (χ1) is 11.0. The highest BCUT2D eigenvalue weighted by molar-refractivity contribution is 5.94. The third-order valence-corrected chi connectivity index (χ3v) is 4.87. The van der Waals surface area contributed by atoms with Crippen LogP contribution in [0, 0.1) is 6.92 Å². The van der Waals surface area contributed by atoms with Crippen LogP contribution in [0.25, 0.3) is 0 Å². The van der Waals surface area contributed by atoms with Crippen molar-refractivity contribution in [3.05, 3.63) is 35.4 Å². The average Bonchev–Trinajstić information content (AvgIpc) is 2.93. The molecule has 0 aliphatic carbocycles. The molecule has 2 heterocycles. The zero-order valence-electron chi connectivity index (χ0n) is 14.5. The number of amides is 1. The number of carbonyl (C=O) groups is 1. The second-order valence-electron chi connectivity index (χ2n) is 7.14. The predicted octanol–water partition coefficient (Wildman–Crippen LogP) is 2.71. The summed E-state index contributed by atoms with van der Waals surface area (Å²) in [6.07, 6.45) is 2.78. The van der Waals surface area contributed by atoms with Crippen molar-refractivity contribution in [1.29, 1.82) is 0 Å². The van der Waals surface area contributed by atoms with Crippen molar-refractivity contribution in [2.75, 3.05) is 26.2 Å². The van der Waals surface area contributed by atoms with Gasteiger partial charge in [0, 0.05) is 37.8 Å². The summed E-state index contributed by atoms with van der Waals surface area (Å²) in [6.45, 7) is 10.1. The molecule has 126 valence electrons. The van der Waals surface area contributed by atoms with Crippen LogP contribution in [0.5, 0.6) is 0 Å². The zero-order valence-corrected chi connectivity index (χ0v) is 14.5. The van der Waals surface area contributed by atoms with E-state index >= 15 is 0 Å². The quantitative estimate of drug-likeness (QED) is 0.859. The number of nitrogens with zero attached hydrogens (tertiary/aromatic N) is 2. The van der Waals surface area contributed by atoms with Crippen molar-refractivity contribution in [3.63, 3.8) is 0 Å². The zero-order chi connectivity index (χ0) is 16.4. The van der Waals surface area contributed by atoms with Crippen LogP contribution in [0.1, 0.15) is 42.6 Å². The molecule has 1 aromatic rings. The molecule has 2 fully saturated rings. The van der Waals surface area contributed by atoms with Gasteiger partial charge in [-0.15, -0.1) is 0 Å². The molecular weight excluding hydrogens is 288 g/mol. The maximum absolute atomic E-state index is 12.9. The van der Waals surface area contributed by atoms with Gasteiger partial charge in [0.05, 0.1) is 12.2 Å². The van der Waals surface area contributed by atoms with Gasteiger partial charge in [0.25, 0.3) is 5.91 Å². The number of likely N-dealkylation sites (tertiary alicyclic amines) is 1. The highest BCUT2D eigenvalue weighted by atomic mass is 16.5. The lowest BCUT2D eigenvalue weighted by atomic mass is 10.1. The highest BCUT2D eigenvalue weighted by Crippen LogP contribution is 2.23. The predicted molar refractivity (Wildman–Crippen MR) is 91.7 cm³/mol. The molecule has 1 aromatic carbocycles. The number of hydrogen-bond acceptors (Lipinski definition) is 3. The van der Waals surface area contributed by atoms with Crippen LogP contribution >= 0.6 is 0 Å². The average molecular weight is 316 g/mol. The Bertz CT molecular complexity index is 550. The number of rotatable bonds is 3. The summed E-state index contributed by atoms with van der Waals surface area (Å²) >= 11 is 0. The van der Waals surface area contributed by atoms with Gasteiger partial charge in [-0.1, -0.05) is 17.7 Å². The number of hydrogen-bond donors (Lipinski definition) is 0. The van der Waals surface area contributed by atoms with Gasteiger partial charge >= 0.3 is 0 Å². The molecule has 1 amide bonds. The Hall–Kier alpha value is -1.39. The molecular formula is C19H28N2O2. The summed E-state index contributed by atoms with van der Waals surface area (Å²) in [5.41, 5.74) is 1.96. The molecule has 23 heavy (non-hydrogen) atoms. The molecule has 3 atom stereocenters. The largest absolute Gasteiger partial charge is 0.373 e. The first kappa shape index (κ1) is 16.5. The maximum Gasteiger partial charge on any atom is 0.254 e. The highest BCUT2D eigenvalue weighted by Gasteiger charge is 2.32. The van der Waals surface area contributed by atoms with E-state index in [0.717, 1.165) is 50.1 Å². The van der Waals surface area contributed by atoms with Gasteiger partial charge in [-0.2, -0.15) is 0 Å². The normalized spacial score (nSPS) is 29.0. The van der Waals surface area contributed by atoms with E-state index in [9.17, 15) is 4.79 Å². The van der Waals surface area contributed by atoms with Crippen LogP contribution in [0.15, 0.2) is 24.3 Å². The van der Waals surface area contributed by atoms with E-state index in [2.05, 4.69) is 23.6 Å². The minimum Gasteiger partial charge on any atom is -0.373 e. The van der Waals surface area contributed by atoms with Gasteiger partial charge in [0.2, 0.25) is 0 Å². The standard InChI is InChI=1S/C19H28N2O2/c1-14-6-4-7-17(10-14)19(22)21-9-5-8-18(21)13-20-11-15(2)23-16(3)12-20/h4,6-7,10,15-16,18H,5,8-9,11-13H2,1-3H3/t15-,16-,18-/m1/s1. The van der Waals surface area contributed by atoms with E-state index < -0.39 is 0 Å². The summed E-state index contributed by atoms with van der Waals surface area (Å²) in [5.74, 6) is 0.186. The Balaban J connectivity index is 1.66. The topological polar surface area (TPSA) is 32.8 Å². The van der Waals surface area contributed by atoms with E-state index in [1.807, 2.05) is 31.2 Å². The summed E-state index contributed by atoms with van der Waals surface area (Å²) in [4.78, 5) is 17.4. The van der Waals surface area contributed by atoms with Crippen molar-refractivity contribution in [3.8, 4) is 0 Å². The molecule has 0 unspecified atom stereocenters. The van der Waals surface area contributed by atoms with E-state index in [1.54, 1.807) is 0 Å². The van der Waals surface area contributed by atoms with Crippen molar-refractivity contribution >= 4 is 5.91 Å². The molecule has 4 heteroatoms. The fourth-order valence-corrected chi connectivity index (χ4v) is 3.97. The first-order valence-electron chi connectivity index (χ1n) is 8.78. The Morgan fingerprint density at radius 3 is 2.70 bits per heavy atom. The summed E-state index contributed by atoms with van der Waals surface area (Å²) < 4.78 is 5.82. The molecule has 0 aromatic heterocycles. The molecule has 3 rings (SSSR count). The summed E-state index contributed by atoms with van der Waals surface area (Å²) in [6, 6.07) is 8.27. The van der Waals surface area contributed by atoms with Crippen LogP contribution in [-0.2, 0) is 4.74 Å². The first-order valence-corrected chi connectivity index (χ1v) is 8.78. The molecule has 0 saturated carbocycles. The lowest BCUT2D eigenvalue weighted by Gasteiger charge is -2.38. The Kier molecular flexibility index (Phi) is 5.02. The number of aryl methyl sites for hydroxylation is 1.